The maximum absolute atomic E-state index is 11.1. The summed E-state index contributed by atoms with van der Waals surface area (Å²) in [4.78, 5) is 15.4. The Labute approximate surface area is 195 Å². The Morgan fingerprint density at radius 1 is 0.967 bits per heavy atom. The minimum Gasteiger partial charge on any atom is -0.490 e. The number of aliphatic imine (C=N–C) groups is 1. The molecule has 30 heavy (non-hydrogen) atoms. The van der Waals surface area contributed by atoms with Crippen LogP contribution < -0.4 is 25.8 Å². The van der Waals surface area contributed by atoms with Crippen LogP contribution in [-0.2, 0) is 13.0 Å². The molecule has 0 bridgehead atoms. The SMILES string of the molecule is CCOc1ccc(CCNC(=NC)NCc2ccc(C(N)=O)cc2)cc1OCC.I. The van der Waals surface area contributed by atoms with E-state index < -0.39 is 5.91 Å². The zero-order chi connectivity index (χ0) is 21.1. The minimum atomic E-state index is -0.427. The molecule has 2 rings (SSSR count). The molecule has 0 aliphatic rings. The Hall–Kier alpha value is -2.49. The molecular weight excluding hydrogens is 495 g/mol. The van der Waals surface area contributed by atoms with Crippen molar-refractivity contribution in [2.24, 2.45) is 10.7 Å². The van der Waals surface area contributed by atoms with Crippen LogP contribution in [0, 0.1) is 0 Å². The number of hydrogen-bond acceptors (Lipinski definition) is 4. The molecule has 0 aliphatic carbocycles. The number of nitrogens with two attached hydrogens (primary N) is 1. The summed E-state index contributed by atoms with van der Waals surface area (Å²) >= 11 is 0. The second kappa shape index (κ2) is 13.7. The van der Waals surface area contributed by atoms with Crippen LogP contribution in [0.15, 0.2) is 47.5 Å². The number of rotatable bonds is 10. The third kappa shape index (κ3) is 8.10. The van der Waals surface area contributed by atoms with E-state index in [4.69, 9.17) is 15.2 Å². The average Bonchev–Trinajstić information content (AvgIpc) is 2.73. The molecule has 4 N–H and O–H groups in total. The van der Waals surface area contributed by atoms with E-state index in [0.29, 0.717) is 31.3 Å². The van der Waals surface area contributed by atoms with Gasteiger partial charge in [0.2, 0.25) is 5.91 Å². The van der Waals surface area contributed by atoms with Crippen molar-refractivity contribution in [3.63, 3.8) is 0 Å². The van der Waals surface area contributed by atoms with Crippen LogP contribution in [0.25, 0.3) is 0 Å². The summed E-state index contributed by atoms with van der Waals surface area (Å²) in [5, 5.41) is 6.56. The lowest BCUT2D eigenvalue weighted by Crippen LogP contribution is -2.37. The van der Waals surface area contributed by atoms with E-state index >= 15 is 0 Å². The third-order valence-corrected chi connectivity index (χ3v) is 4.24. The number of carbonyl (C=O) groups excluding carboxylic acids is 1. The van der Waals surface area contributed by atoms with Gasteiger partial charge < -0.3 is 25.8 Å². The van der Waals surface area contributed by atoms with Crippen molar-refractivity contribution >= 4 is 35.8 Å². The molecule has 1 amide bonds. The molecule has 0 saturated carbocycles. The Kier molecular flexibility index (Phi) is 11.7. The van der Waals surface area contributed by atoms with Gasteiger partial charge in [-0.3, -0.25) is 9.79 Å². The quantitative estimate of drug-likeness (QED) is 0.251. The van der Waals surface area contributed by atoms with Gasteiger partial charge in [-0.15, -0.1) is 24.0 Å². The molecule has 0 aromatic heterocycles. The number of hydrogen-bond donors (Lipinski definition) is 3. The zero-order valence-electron chi connectivity index (χ0n) is 17.7. The molecule has 0 spiro atoms. The second-order valence-corrected chi connectivity index (χ2v) is 6.31. The number of carbonyl (C=O) groups is 1. The third-order valence-electron chi connectivity index (χ3n) is 4.24. The Morgan fingerprint density at radius 2 is 1.60 bits per heavy atom. The van der Waals surface area contributed by atoms with E-state index in [1.807, 2.05) is 44.2 Å². The number of nitrogens with one attached hydrogen (secondary N) is 2. The van der Waals surface area contributed by atoms with Crippen molar-refractivity contribution in [1.82, 2.24) is 10.6 Å². The van der Waals surface area contributed by atoms with E-state index in [-0.39, 0.29) is 24.0 Å². The first-order valence-electron chi connectivity index (χ1n) is 9.79. The zero-order valence-corrected chi connectivity index (χ0v) is 20.1. The molecular formula is C22H31IN4O3. The summed E-state index contributed by atoms with van der Waals surface area (Å²) in [6.45, 7) is 6.43. The molecule has 2 aromatic rings. The lowest BCUT2D eigenvalue weighted by Gasteiger charge is -2.14. The fraction of sp³-hybridized carbons (Fsp3) is 0.364. The van der Waals surface area contributed by atoms with Crippen LogP contribution in [0.5, 0.6) is 11.5 Å². The van der Waals surface area contributed by atoms with Gasteiger partial charge >= 0.3 is 0 Å². The Balaban J connectivity index is 0.00000450. The lowest BCUT2D eigenvalue weighted by molar-refractivity contribution is 0.100. The average molecular weight is 526 g/mol. The topological polar surface area (TPSA) is 98.0 Å². The summed E-state index contributed by atoms with van der Waals surface area (Å²) in [7, 11) is 1.73. The van der Waals surface area contributed by atoms with Crippen molar-refractivity contribution in [3.05, 3.63) is 59.2 Å². The van der Waals surface area contributed by atoms with E-state index in [1.165, 1.54) is 0 Å². The molecule has 2 aromatic carbocycles. The molecule has 8 heteroatoms. The van der Waals surface area contributed by atoms with Crippen LogP contribution >= 0.6 is 24.0 Å². The maximum atomic E-state index is 11.1. The number of halogens is 1. The molecule has 7 nitrogen and oxygen atoms in total. The molecule has 0 radical (unpaired) electrons. The first kappa shape index (κ1) is 25.5. The van der Waals surface area contributed by atoms with Gasteiger partial charge in [-0.2, -0.15) is 0 Å². The fourth-order valence-corrected chi connectivity index (χ4v) is 2.77. The van der Waals surface area contributed by atoms with Crippen molar-refractivity contribution in [1.29, 1.82) is 0 Å². The van der Waals surface area contributed by atoms with Gasteiger partial charge in [0.25, 0.3) is 0 Å². The Morgan fingerprint density at radius 3 is 2.20 bits per heavy atom. The van der Waals surface area contributed by atoms with Crippen LogP contribution in [0.2, 0.25) is 0 Å². The smallest absolute Gasteiger partial charge is 0.248 e. The predicted octanol–water partition coefficient (Wildman–Crippen LogP) is 3.11. The molecule has 0 atom stereocenters. The van der Waals surface area contributed by atoms with E-state index in [0.717, 1.165) is 35.6 Å². The number of nitrogens with zero attached hydrogens (tertiary/aromatic N) is 1. The first-order valence-corrected chi connectivity index (χ1v) is 9.79. The second-order valence-electron chi connectivity index (χ2n) is 6.31. The number of amides is 1. The van der Waals surface area contributed by atoms with Crippen molar-refractivity contribution in [2.75, 3.05) is 26.8 Å². The summed E-state index contributed by atoms with van der Waals surface area (Å²) < 4.78 is 11.3. The number of primary amides is 1. The van der Waals surface area contributed by atoms with Crippen LogP contribution in [0.4, 0.5) is 0 Å². The molecule has 0 aliphatic heterocycles. The van der Waals surface area contributed by atoms with Crippen LogP contribution in [0.1, 0.15) is 35.3 Å². The van der Waals surface area contributed by atoms with Crippen molar-refractivity contribution in [3.8, 4) is 11.5 Å². The predicted molar refractivity (Wildman–Crippen MR) is 131 cm³/mol. The number of benzene rings is 2. The summed E-state index contributed by atoms with van der Waals surface area (Å²) in [6.07, 6.45) is 0.820. The minimum absolute atomic E-state index is 0. The van der Waals surface area contributed by atoms with E-state index in [9.17, 15) is 4.79 Å². The molecule has 0 saturated heterocycles. The standard InChI is InChI=1S/C22H30N4O3.HI/c1-4-28-19-11-8-16(14-20(19)29-5-2)12-13-25-22(24-3)26-15-17-6-9-18(10-7-17)21(23)27;/h6-11,14H,4-5,12-13,15H2,1-3H3,(H2,23,27)(H2,24,25,26);1H. The molecule has 0 heterocycles. The van der Waals surface area contributed by atoms with Gasteiger partial charge in [-0.25, -0.2) is 0 Å². The van der Waals surface area contributed by atoms with Gasteiger partial charge in [0.15, 0.2) is 17.5 Å². The highest BCUT2D eigenvalue weighted by Crippen LogP contribution is 2.28. The van der Waals surface area contributed by atoms with E-state index in [1.54, 1.807) is 19.2 Å². The highest BCUT2D eigenvalue weighted by molar-refractivity contribution is 14.0. The molecule has 0 fully saturated rings. The van der Waals surface area contributed by atoms with Gasteiger partial charge in [-0.1, -0.05) is 18.2 Å². The highest BCUT2D eigenvalue weighted by Gasteiger charge is 2.07. The van der Waals surface area contributed by atoms with Gasteiger partial charge in [-0.05, 0) is 55.7 Å². The number of guanidine groups is 1. The van der Waals surface area contributed by atoms with Gasteiger partial charge in [0.05, 0.1) is 13.2 Å². The highest BCUT2D eigenvalue weighted by atomic mass is 127. The van der Waals surface area contributed by atoms with Crippen molar-refractivity contribution in [2.45, 2.75) is 26.8 Å². The Bertz CT molecular complexity index is 826. The summed E-state index contributed by atoms with van der Waals surface area (Å²) in [6, 6.07) is 13.2. The van der Waals surface area contributed by atoms with Gasteiger partial charge in [0, 0.05) is 25.7 Å². The largest absolute Gasteiger partial charge is 0.490 e. The molecule has 164 valence electrons. The molecule has 0 unspecified atom stereocenters. The normalized spacial score (nSPS) is 10.7. The van der Waals surface area contributed by atoms with Crippen LogP contribution in [0.3, 0.4) is 0 Å². The van der Waals surface area contributed by atoms with E-state index in [2.05, 4.69) is 15.6 Å². The van der Waals surface area contributed by atoms with Gasteiger partial charge in [0.1, 0.15) is 0 Å². The van der Waals surface area contributed by atoms with Crippen molar-refractivity contribution < 1.29 is 14.3 Å². The summed E-state index contributed by atoms with van der Waals surface area (Å²) in [5.74, 6) is 1.82. The first-order chi connectivity index (χ1) is 14.1. The number of ether oxygens (including phenoxy) is 2. The van der Waals surface area contributed by atoms with Crippen LogP contribution in [-0.4, -0.2) is 38.7 Å². The monoisotopic (exact) mass is 526 g/mol. The fourth-order valence-electron chi connectivity index (χ4n) is 2.77. The summed E-state index contributed by atoms with van der Waals surface area (Å²) in [5.41, 5.74) is 7.95. The maximum Gasteiger partial charge on any atom is 0.248 e. The lowest BCUT2D eigenvalue weighted by atomic mass is 10.1.